The van der Waals surface area contributed by atoms with Gasteiger partial charge in [0.05, 0.1) is 0 Å². The molecule has 0 bridgehead atoms. The van der Waals surface area contributed by atoms with Crippen molar-refractivity contribution in [3.05, 3.63) is 17.0 Å². The van der Waals surface area contributed by atoms with Gasteiger partial charge in [0.1, 0.15) is 15.2 Å². The zero-order chi connectivity index (χ0) is 13.6. The molecule has 0 saturated heterocycles. The molecule has 0 amide bonds. The Kier molecular flexibility index (Phi) is 5.75. The Morgan fingerprint density at radius 2 is 2.28 bits per heavy atom. The first-order valence-corrected chi connectivity index (χ1v) is 7.94. The van der Waals surface area contributed by atoms with Crippen LogP contribution in [0.15, 0.2) is 16.3 Å². The predicted molar refractivity (Wildman–Crippen MR) is 69.7 cm³/mol. The molecule has 1 atom stereocenters. The van der Waals surface area contributed by atoms with Crippen molar-refractivity contribution in [1.82, 2.24) is 4.72 Å². The van der Waals surface area contributed by atoms with Crippen molar-refractivity contribution >= 4 is 21.4 Å². The lowest BCUT2D eigenvalue weighted by atomic mass is 10.0. The van der Waals surface area contributed by atoms with Crippen molar-refractivity contribution in [3.63, 3.8) is 0 Å². The summed E-state index contributed by atoms with van der Waals surface area (Å²) in [6, 6.07) is 4.83. The van der Waals surface area contributed by atoms with Gasteiger partial charge in [-0.3, -0.25) is 0 Å². The fourth-order valence-electron chi connectivity index (χ4n) is 1.46. The lowest BCUT2D eigenvalue weighted by molar-refractivity contribution is 0.254. The molecule has 1 aromatic rings. The number of aliphatic hydroxyl groups excluding tert-OH is 1. The Hall–Kier alpha value is -0.940. The fraction of sp³-hybridized carbons (Fsp3) is 0.545. The molecule has 0 aliphatic heterocycles. The van der Waals surface area contributed by atoms with Crippen LogP contribution in [-0.2, 0) is 10.0 Å². The van der Waals surface area contributed by atoms with Crippen molar-refractivity contribution in [3.8, 4) is 6.07 Å². The number of nitriles is 1. The summed E-state index contributed by atoms with van der Waals surface area (Å²) in [5.74, 6) is 0.125. The van der Waals surface area contributed by atoms with Crippen LogP contribution < -0.4 is 4.72 Å². The number of nitrogens with one attached hydrogen (secondary N) is 1. The highest BCUT2D eigenvalue weighted by atomic mass is 32.2. The molecule has 18 heavy (non-hydrogen) atoms. The van der Waals surface area contributed by atoms with Gasteiger partial charge in [0, 0.05) is 13.2 Å². The second kappa shape index (κ2) is 6.85. The SMILES string of the molecule is CCC(CCO)CNS(=O)(=O)c1ccc(C#N)s1. The molecule has 7 heteroatoms. The van der Waals surface area contributed by atoms with E-state index in [-0.39, 0.29) is 16.7 Å². The first kappa shape index (κ1) is 15.1. The summed E-state index contributed by atoms with van der Waals surface area (Å²) in [4.78, 5) is 0.373. The monoisotopic (exact) mass is 288 g/mol. The van der Waals surface area contributed by atoms with E-state index in [4.69, 9.17) is 10.4 Å². The second-order valence-electron chi connectivity index (χ2n) is 3.87. The van der Waals surface area contributed by atoms with Crippen LogP contribution in [-0.4, -0.2) is 26.7 Å². The van der Waals surface area contributed by atoms with E-state index in [1.54, 1.807) is 0 Å². The zero-order valence-corrected chi connectivity index (χ0v) is 11.7. The molecular weight excluding hydrogens is 272 g/mol. The summed E-state index contributed by atoms with van der Waals surface area (Å²) >= 11 is 0.951. The molecule has 0 aliphatic rings. The minimum absolute atomic E-state index is 0.0534. The maximum Gasteiger partial charge on any atom is 0.250 e. The Morgan fingerprint density at radius 3 is 2.78 bits per heavy atom. The van der Waals surface area contributed by atoms with Gasteiger partial charge in [0.15, 0.2) is 0 Å². The molecule has 1 heterocycles. The maximum atomic E-state index is 11.9. The average molecular weight is 288 g/mol. The summed E-state index contributed by atoms with van der Waals surface area (Å²) in [6.07, 6.45) is 1.38. The molecule has 100 valence electrons. The van der Waals surface area contributed by atoms with Crippen molar-refractivity contribution < 1.29 is 13.5 Å². The summed E-state index contributed by atoms with van der Waals surface area (Å²) in [5.41, 5.74) is 0. The number of sulfonamides is 1. The van der Waals surface area contributed by atoms with Gasteiger partial charge in [-0.1, -0.05) is 13.3 Å². The number of nitrogens with zero attached hydrogens (tertiary/aromatic N) is 1. The molecule has 1 aromatic heterocycles. The van der Waals surface area contributed by atoms with Crippen molar-refractivity contribution in [2.24, 2.45) is 5.92 Å². The molecule has 0 spiro atoms. The third-order valence-corrected chi connectivity index (χ3v) is 5.54. The number of aliphatic hydroxyl groups is 1. The third-order valence-electron chi connectivity index (χ3n) is 2.63. The molecule has 2 N–H and O–H groups in total. The highest BCUT2D eigenvalue weighted by Crippen LogP contribution is 2.20. The van der Waals surface area contributed by atoms with E-state index >= 15 is 0 Å². The largest absolute Gasteiger partial charge is 0.396 e. The summed E-state index contributed by atoms with van der Waals surface area (Å²) < 4.78 is 26.5. The Labute approximate surface area is 111 Å². The fourth-order valence-corrected chi connectivity index (χ4v) is 3.72. The minimum atomic E-state index is -3.54. The Bertz CT molecular complexity index is 517. The van der Waals surface area contributed by atoms with Crippen LogP contribution in [0.5, 0.6) is 0 Å². The number of thiophene rings is 1. The molecule has 1 rings (SSSR count). The number of hydrogen-bond acceptors (Lipinski definition) is 5. The first-order chi connectivity index (χ1) is 8.53. The van der Waals surface area contributed by atoms with Gasteiger partial charge in [0.25, 0.3) is 0 Å². The smallest absolute Gasteiger partial charge is 0.250 e. The van der Waals surface area contributed by atoms with Gasteiger partial charge in [-0.15, -0.1) is 11.3 Å². The lowest BCUT2D eigenvalue weighted by Gasteiger charge is -2.13. The lowest BCUT2D eigenvalue weighted by Crippen LogP contribution is -2.29. The van der Waals surface area contributed by atoms with E-state index in [0.29, 0.717) is 17.8 Å². The van der Waals surface area contributed by atoms with Gasteiger partial charge in [0.2, 0.25) is 10.0 Å². The molecule has 0 aliphatic carbocycles. The summed E-state index contributed by atoms with van der Waals surface area (Å²) in [6.45, 7) is 2.31. The van der Waals surface area contributed by atoms with E-state index in [1.165, 1.54) is 12.1 Å². The van der Waals surface area contributed by atoms with Crippen LogP contribution in [0.25, 0.3) is 0 Å². The minimum Gasteiger partial charge on any atom is -0.396 e. The van der Waals surface area contributed by atoms with Gasteiger partial charge >= 0.3 is 0 Å². The highest BCUT2D eigenvalue weighted by molar-refractivity contribution is 7.91. The van der Waals surface area contributed by atoms with Gasteiger partial charge < -0.3 is 5.11 Å². The topological polar surface area (TPSA) is 90.2 Å². The van der Waals surface area contributed by atoms with E-state index in [2.05, 4.69) is 4.72 Å². The van der Waals surface area contributed by atoms with Crippen molar-refractivity contribution in [1.29, 1.82) is 5.26 Å². The zero-order valence-electron chi connectivity index (χ0n) is 10.1. The van der Waals surface area contributed by atoms with Crippen LogP contribution in [0, 0.1) is 17.2 Å². The number of hydrogen-bond donors (Lipinski definition) is 2. The van der Waals surface area contributed by atoms with Gasteiger partial charge in [-0.05, 0) is 24.5 Å². The van der Waals surface area contributed by atoms with Crippen LogP contribution in [0.4, 0.5) is 0 Å². The molecular formula is C11H16N2O3S2. The van der Waals surface area contributed by atoms with E-state index in [0.717, 1.165) is 17.8 Å². The number of rotatable bonds is 7. The van der Waals surface area contributed by atoms with E-state index in [1.807, 2.05) is 13.0 Å². The van der Waals surface area contributed by atoms with Crippen LogP contribution in [0.3, 0.4) is 0 Å². The normalized spacial score (nSPS) is 13.2. The Balaban J connectivity index is 2.68. The van der Waals surface area contributed by atoms with Gasteiger partial charge in [-0.25, -0.2) is 13.1 Å². The summed E-state index contributed by atoms with van der Waals surface area (Å²) in [5, 5.41) is 17.5. The first-order valence-electron chi connectivity index (χ1n) is 5.64. The maximum absolute atomic E-state index is 11.9. The molecule has 0 radical (unpaired) electrons. The molecule has 0 fully saturated rings. The van der Waals surface area contributed by atoms with Crippen molar-refractivity contribution in [2.45, 2.75) is 24.0 Å². The van der Waals surface area contributed by atoms with E-state index < -0.39 is 10.0 Å². The Morgan fingerprint density at radius 1 is 1.56 bits per heavy atom. The predicted octanol–water partition coefficient (Wildman–Crippen LogP) is 1.31. The quantitative estimate of drug-likeness (QED) is 0.791. The van der Waals surface area contributed by atoms with Crippen LogP contribution >= 0.6 is 11.3 Å². The van der Waals surface area contributed by atoms with E-state index in [9.17, 15) is 8.42 Å². The molecule has 5 nitrogen and oxygen atoms in total. The second-order valence-corrected chi connectivity index (χ2v) is 6.95. The van der Waals surface area contributed by atoms with Crippen LogP contribution in [0.2, 0.25) is 0 Å². The van der Waals surface area contributed by atoms with Gasteiger partial charge in [-0.2, -0.15) is 5.26 Å². The van der Waals surface area contributed by atoms with Crippen molar-refractivity contribution in [2.75, 3.05) is 13.2 Å². The highest BCUT2D eigenvalue weighted by Gasteiger charge is 2.18. The third kappa shape index (κ3) is 4.07. The molecule has 0 aromatic carbocycles. The molecule has 1 unspecified atom stereocenters. The summed E-state index contributed by atoms with van der Waals surface area (Å²) in [7, 11) is -3.54. The molecule has 0 saturated carbocycles. The standard InChI is InChI=1S/C11H16N2O3S2/c1-2-9(5-6-14)8-13-18(15,16)11-4-3-10(7-12)17-11/h3-4,9,13-14H,2,5-6,8H2,1H3. The average Bonchev–Trinajstić information content (AvgIpc) is 2.84. The van der Waals surface area contributed by atoms with Crippen LogP contribution in [0.1, 0.15) is 24.6 Å².